The highest BCUT2D eigenvalue weighted by Crippen LogP contribution is 2.27. The molecule has 9 heteroatoms. The second-order valence-electron chi connectivity index (χ2n) is 8.70. The van der Waals surface area contributed by atoms with Gasteiger partial charge in [-0.2, -0.15) is 5.10 Å². The first-order valence-electron chi connectivity index (χ1n) is 11.7. The van der Waals surface area contributed by atoms with Crippen LogP contribution >= 0.6 is 0 Å². The highest BCUT2D eigenvalue weighted by molar-refractivity contribution is 5.96. The molecule has 0 aliphatic heterocycles. The van der Waals surface area contributed by atoms with Crippen LogP contribution in [0.2, 0.25) is 0 Å². The Hall–Kier alpha value is -3.62. The minimum Gasteiger partial charge on any atom is -0.486 e. The van der Waals surface area contributed by atoms with Gasteiger partial charge in [-0.25, -0.2) is 4.98 Å². The number of nitrogens with zero attached hydrogens (tertiary/aromatic N) is 3. The molecule has 180 valence electrons. The van der Waals surface area contributed by atoms with Gasteiger partial charge in [-0.15, -0.1) is 0 Å². The summed E-state index contributed by atoms with van der Waals surface area (Å²) < 4.78 is 13.3. The molecule has 1 unspecified atom stereocenters. The zero-order valence-corrected chi connectivity index (χ0v) is 19.8. The summed E-state index contributed by atoms with van der Waals surface area (Å²) in [6, 6.07) is 8.29. The molecule has 9 nitrogen and oxygen atoms in total. The summed E-state index contributed by atoms with van der Waals surface area (Å²) in [6.07, 6.45) is 6.80. The Kier molecular flexibility index (Phi) is 7.30. The van der Waals surface area contributed by atoms with Crippen LogP contribution in [0.5, 0.6) is 5.75 Å². The van der Waals surface area contributed by atoms with Crippen LogP contribution in [0.15, 0.2) is 40.9 Å². The van der Waals surface area contributed by atoms with Crippen molar-refractivity contribution in [1.82, 2.24) is 25.4 Å². The van der Waals surface area contributed by atoms with Gasteiger partial charge < -0.3 is 19.8 Å². The van der Waals surface area contributed by atoms with E-state index in [1.165, 1.54) is 6.42 Å². The van der Waals surface area contributed by atoms with Crippen LogP contribution < -0.4 is 15.4 Å². The topological polar surface area (TPSA) is 111 Å². The molecule has 0 spiro atoms. The Balaban J connectivity index is 1.39. The van der Waals surface area contributed by atoms with Crippen LogP contribution in [0.3, 0.4) is 0 Å². The van der Waals surface area contributed by atoms with Crippen LogP contribution in [-0.4, -0.2) is 39.7 Å². The number of likely N-dealkylation sites (N-methyl/N-ethyl adjacent to an activating group) is 1. The van der Waals surface area contributed by atoms with Gasteiger partial charge in [0, 0.05) is 14.1 Å². The van der Waals surface area contributed by atoms with Gasteiger partial charge >= 0.3 is 0 Å². The number of rotatable bonds is 8. The lowest BCUT2D eigenvalue weighted by Gasteiger charge is -2.29. The van der Waals surface area contributed by atoms with Crippen LogP contribution in [0.4, 0.5) is 0 Å². The van der Waals surface area contributed by atoms with E-state index in [0.29, 0.717) is 23.8 Å². The summed E-state index contributed by atoms with van der Waals surface area (Å²) in [5.74, 6) is 0.786. The van der Waals surface area contributed by atoms with Gasteiger partial charge in [0.1, 0.15) is 24.1 Å². The molecule has 2 N–H and O–H groups in total. The molecular weight excluding hydrogens is 434 g/mol. The summed E-state index contributed by atoms with van der Waals surface area (Å²) in [6.45, 7) is 2.32. The van der Waals surface area contributed by atoms with E-state index in [4.69, 9.17) is 9.15 Å². The number of ether oxygens (including phenoxy) is 1. The Morgan fingerprint density at radius 2 is 2.00 bits per heavy atom. The zero-order valence-electron chi connectivity index (χ0n) is 19.8. The molecule has 0 saturated heterocycles. The van der Waals surface area contributed by atoms with Crippen molar-refractivity contribution in [3.63, 3.8) is 0 Å². The molecule has 0 radical (unpaired) electrons. The van der Waals surface area contributed by atoms with Crippen molar-refractivity contribution >= 4 is 11.8 Å². The Bertz CT molecular complexity index is 1130. The summed E-state index contributed by atoms with van der Waals surface area (Å²) in [7, 11) is 3.47. The molecule has 4 rings (SSSR count). The number of carbonyl (C=O) groups excluding carboxylic acids is 2. The fourth-order valence-corrected chi connectivity index (χ4v) is 4.40. The van der Waals surface area contributed by atoms with Crippen LogP contribution in [0, 0.1) is 12.8 Å². The third kappa shape index (κ3) is 5.47. The lowest BCUT2D eigenvalue weighted by atomic mass is 9.83. The third-order valence-corrected chi connectivity index (χ3v) is 6.24. The minimum atomic E-state index is -0.566. The number of carbonyl (C=O) groups is 2. The summed E-state index contributed by atoms with van der Waals surface area (Å²) in [5.41, 5.74) is 2.48. The van der Waals surface area contributed by atoms with E-state index in [1.54, 1.807) is 42.2 Å². The Morgan fingerprint density at radius 1 is 1.21 bits per heavy atom. The molecular formula is C25H31N5O4. The third-order valence-electron chi connectivity index (χ3n) is 6.24. The average Bonchev–Trinajstić information content (AvgIpc) is 3.47. The standard InChI is InChI=1S/C25H31N5O4/c1-16-13-18(30(3)29-16)15-33-19-9-10-20(27-14-19)21-11-12-22(34-21)24(31)28-23(25(32)26-2)17-7-5-4-6-8-17/h9-14,17,23H,4-8,15H2,1-3H3,(H,26,32)(H,28,31). The highest BCUT2D eigenvalue weighted by Gasteiger charge is 2.31. The van der Waals surface area contributed by atoms with Gasteiger partial charge in [0.05, 0.1) is 17.6 Å². The van der Waals surface area contributed by atoms with E-state index in [0.717, 1.165) is 37.1 Å². The van der Waals surface area contributed by atoms with Crippen molar-refractivity contribution in [2.75, 3.05) is 7.05 Å². The summed E-state index contributed by atoms with van der Waals surface area (Å²) in [5, 5.41) is 9.85. The first-order chi connectivity index (χ1) is 16.4. The Morgan fingerprint density at radius 3 is 2.65 bits per heavy atom. The number of pyridine rings is 1. The molecule has 3 aromatic heterocycles. The number of amides is 2. The van der Waals surface area contributed by atoms with E-state index in [1.807, 2.05) is 20.0 Å². The van der Waals surface area contributed by atoms with E-state index < -0.39 is 11.9 Å². The Labute approximate surface area is 198 Å². The SMILES string of the molecule is CNC(=O)C(NC(=O)c1ccc(-c2ccc(OCc3cc(C)nn3C)cn2)o1)C1CCCCC1. The lowest BCUT2D eigenvalue weighted by Crippen LogP contribution is -2.50. The maximum absolute atomic E-state index is 12.8. The van der Waals surface area contributed by atoms with Gasteiger partial charge in [-0.1, -0.05) is 19.3 Å². The van der Waals surface area contributed by atoms with Crippen molar-refractivity contribution < 1.29 is 18.7 Å². The fraction of sp³-hybridized carbons (Fsp3) is 0.440. The first-order valence-corrected chi connectivity index (χ1v) is 11.7. The second kappa shape index (κ2) is 10.5. The number of furan rings is 1. The maximum Gasteiger partial charge on any atom is 0.287 e. The smallest absolute Gasteiger partial charge is 0.287 e. The number of aryl methyl sites for hydroxylation is 2. The van der Waals surface area contributed by atoms with Crippen molar-refractivity contribution in [1.29, 1.82) is 0 Å². The predicted molar refractivity (Wildman–Crippen MR) is 126 cm³/mol. The quantitative estimate of drug-likeness (QED) is 0.528. The largest absolute Gasteiger partial charge is 0.486 e. The van der Waals surface area contributed by atoms with E-state index in [2.05, 4.69) is 20.7 Å². The average molecular weight is 466 g/mol. The van der Waals surface area contributed by atoms with Gasteiger partial charge in [-0.3, -0.25) is 14.3 Å². The molecule has 3 aromatic rings. The fourth-order valence-electron chi connectivity index (χ4n) is 4.40. The highest BCUT2D eigenvalue weighted by atomic mass is 16.5. The summed E-state index contributed by atoms with van der Waals surface area (Å²) >= 11 is 0. The molecule has 3 heterocycles. The number of hydrogen-bond acceptors (Lipinski definition) is 6. The summed E-state index contributed by atoms with van der Waals surface area (Å²) in [4.78, 5) is 29.7. The first kappa shape index (κ1) is 23.5. The van der Waals surface area contributed by atoms with Crippen molar-refractivity contribution in [2.45, 2.75) is 51.7 Å². The molecule has 1 aliphatic rings. The maximum atomic E-state index is 12.8. The molecule has 0 bridgehead atoms. The number of nitrogens with one attached hydrogen (secondary N) is 2. The number of hydrogen-bond donors (Lipinski definition) is 2. The number of aromatic nitrogens is 3. The van der Waals surface area contributed by atoms with Crippen molar-refractivity contribution in [3.05, 3.63) is 53.7 Å². The molecule has 1 saturated carbocycles. The van der Waals surface area contributed by atoms with Crippen LogP contribution in [0.1, 0.15) is 54.0 Å². The van der Waals surface area contributed by atoms with Gasteiger partial charge in [0.15, 0.2) is 11.5 Å². The van der Waals surface area contributed by atoms with Crippen molar-refractivity contribution in [2.24, 2.45) is 13.0 Å². The molecule has 34 heavy (non-hydrogen) atoms. The molecule has 1 atom stereocenters. The molecule has 1 fully saturated rings. The van der Waals surface area contributed by atoms with E-state index in [9.17, 15) is 9.59 Å². The van der Waals surface area contributed by atoms with Crippen molar-refractivity contribution in [3.8, 4) is 17.2 Å². The minimum absolute atomic E-state index is 0.136. The molecule has 1 aliphatic carbocycles. The lowest BCUT2D eigenvalue weighted by molar-refractivity contribution is -0.124. The van der Waals surface area contributed by atoms with E-state index in [-0.39, 0.29) is 17.6 Å². The van der Waals surface area contributed by atoms with Gasteiger partial charge in [0.2, 0.25) is 5.91 Å². The normalized spacial score (nSPS) is 15.0. The monoisotopic (exact) mass is 465 g/mol. The second-order valence-corrected chi connectivity index (χ2v) is 8.70. The predicted octanol–water partition coefficient (Wildman–Crippen LogP) is 3.39. The zero-order chi connectivity index (χ0) is 24.1. The van der Waals surface area contributed by atoms with Crippen LogP contribution in [-0.2, 0) is 18.4 Å². The molecule has 2 amide bonds. The molecule has 0 aromatic carbocycles. The van der Waals surface area contributed by atoms with Crippen LogP contribution in [0.25, 0.3) is 11.5 Å². The van der Waals surface area contributed by atoms with Gasteiger partial charge in [0.25, 0.3) is 5.91 Å². The van der Waals surface area contributed by atoms with Gasteiger partial charge in [-0.05, 0) is 56.0 Å². The van der Waals surface area contributed by atoms with E-state index >= 15 is 0 Å².